The number of imidazole rings is 1. The summed E-state index contributed by atoms with van der Waals surface area (Å²) in [5.74, 6) is -0.0631. The van der Waals surface area contributed by atoms with Gasteiger partial charge in [-0.15, -0.1) is 0 Å². The number of carbonyl (C=O) groups excluding carboxylic acids is 1. The van der Waals surface area contributed by atoms with E-state index in [9.17, 15) is 18.0 Å². The molecule has 2 aromatic heterocycles. The normalized spacial score (nSPS) is 11.7. The molecule has 0 N–H and O–H groups in total. The minimum absolute atomic E-state index is 0.0225. The summed E-state index contributed by atoms with van der Waals surface area (Å²) in [5.41, 5.74) is 3.12. The van der Waals surface area contributed by atoms with Crippen LogP contribution in [0.4, 0.5) is 13.2 Å². The first kappa shape index (κ1) is 21.9. The second-order valence-corrected chi connectivity index (χ2v) is 7.49. The number of nitrogens with zero attached hydrogens (tertiary/aromatic N) is 5. The van der Waals surface area contributed by atoms with Crippen molar-refractivity contribution in [3.05, 3.63) is 64.5 Å². The number of carbonyl (C=O) groups is 1. The number of likely N-dealkylation sites (N-methyl/N-ethyl adjacent to an activating group) is 1. The van der Waals surface area contributed by atoms with E-state index in [0.717, 1.165) is 21.5 Å². The minimum Gasteiger partial charge on any atom is -0.338 e. The zero-order chi connectivity index (χ0) is 22.1. The number of aromatic nitrogens is 4. The van der Waals surface area contributed by atoms with Crippen molar-refractivity contribution in [2.24, 2.45) is 0 Å². The summed E-state index contributed by atoms with van der Waals surface area (Å²) in [7, 11) is 1.54. The molecule has 10 heteroatoms. The summed E-state index contributed by atoms with van der Waals surface area (Å²) in [6.07, 6.45) is -1.72. The molecule has 0 bridgehead atoms. The standard InChI is InChI=1S/C20H21ClF3N5O/c1-13-17(14(2)29(26-13)16-6-4-15(21)5-7-16)10-19(30)27(3)11-18-25-8-9-28(18)12-20(22,23)24/h4-9H,10-12H2,1-3H3. The van der Waals surface area contributed by atoms with Crippen LogP contribution in [0.5, 0.6) is 0 Å². The first-order valence-corrected chi connectivity index (χ1v) is 9.54. The number of benzene rings is 1. The van der Waals surface area contributed by atoms with Crippen LogP contribution in [0.1, 0.15) is 22.8 Å². The van der Waals surface area contributed by atoms with Gasteiger partial charge in [0.05, 0.1) is 24.3 Å². The van der Waals surface area contributed by atoms with Gasteiger partial charge in [-0.3, -0.25) is 4.79 Å². The van der Waals surface area contributed by atoms with Crippen LogP contribution in [0, 0.1) is 13.8 Å². The molecule has 1 aromatic carbocycles. The van der Waals surface area contributed by atoms with Gasteiger partial charge in [-0.05, 0) is 38.1 Å². The van der Waals surface area contributed by atoms with Gasteiger partial charge in [0.15, 0.2) is 0 Å². The monoisotopic (exact) mass is 439 g/mol. The van der Waals surface area contributed by atoms with Crippen LogP contribution in [0.2, 0.25) is 5.02 Å². The van der Waals surface area contributed by atoms with Gasteiger partial charge in [0.2, 0.25) is 5.91 Å². The molecule has 6 nitrogen and oxygen atoms in total. The average Bonchev–Trinajstić information content (AvgIpc) is 3.19. The van der Waals surface area contributed by atoms with Crippen LogP contribution < -0.4 is 0 Å². The first-order valence-electron chi connectivity index (χ1n) is 9.17. The van der Waals surface area contributed by atoms with Crippen LogP contribution in [-0.4, -0.2) is 43.4 Å². The van der Waals surface area contributed by atoms with Crippen molar-refractivity contribution in [3.8, 4) is 5.69 Å². The molecule has 0 aliphatic rings. The van der Waals surface area contributed by atoms with E-state index < -0.39 is 12.7 Å². The minimum atomic E-state index is -4.36. The van der Waals surface area contributed by atoms with Crippen molar-refractivity contribution in [1.29, 1.82) is 0 Å². The Hall–Kier alpha value is -2.81. The van der Waals surface area contributed by atoms with Gasteiger partial charge in [-0.2, -0.15) is 18.3 Å². The van der Waals surface area contributed by atoms with Gasteiger partial charge >= 0.3 is 6.18 Å². The van der Waals surface area contributed by atoms with Crippen LogP contribution >= 0.6 is 11.6 Å². The maximum atomic E-state index is 12.7. The lowest BCUT2D eigenvalue weighted by atomic mass is 10.1. The lowest BCUT2D eigenvalue weighted by Gasteiger charge is -2.18. The predicted octanol–water partition coefficient (Wildman–Crippen LogP) is 4.10. The number of alkyl halides is 3. The Bertz CT molecular complexity index is 1040. The lowest BCUT2D eigenvalue weighted by molar-refractivity contribution is -0.141. The van der Waals surface area contributed by atoms with E-state index in [4.69, 9.17) is 11.6 Å². The summed E-state index contributed by atoms with van der Waals surface area (Å²) in [6, 6.07) is 7.18. The number of hydrogen-bond acceptors (Lipinski definition) is 3. The fraction of sp³-hybridized carbons (Fsp3) is 0.350. The van der Waals surface area contributed by atoms with Crippen LogP contribution in [0.3, 0.4) is 0 Å². The third-order valence-electron chi connectivity index (χ3n) is 4.80. The summed E-state index contributed by atoms with van der Waals surface area (Å²) in [4.78, 5) is 18.1. The van der Waals surface area contributed by atoms with E-state index in [-0.39, 0.29) is 24.7 Å². The quantitative estimate of drug-likeness (QED) is 0.581. The number of rotatable bonds is 6. The number of aryl methyl sites for hydroxylation is 1. The van der Waals surface area contributed by atoms with Crippen LogP contribution in [-0.2, 0) is 24.3 Å². The summed E-state index contributed by atoms with van der Waals surface area (Å²) in [6.45, 7) is 2.52. The maximum Gasteiger partial charge on any atom is 0.406 e. The van der Waals surface area contributed by atoms with E-state index in [0.29, 0.717) is 10.7 Å². The number of halogens is 4. The SMILES string of the molecule is Cc1nn(-c2ccc(Cl)cc2)c(C)c1CC(=O)N(C)Cc1nccn1CC(F)(F)F. The van der Waals surface area contributed by atoms with E-state index >= 15 is 0 Å². The molecule has 30 heavy (non-hydrogen) atoms. The van der Waals surface area contributed by atoms with E-state index in [1.54, 1.807) is 23.9 Å². The zero-order valence-corrected chi connectivity index (χ0v) is 17.5. The molecule has 0 saturated carbocycles. The van der Waals surface area contributed by atoms with Crippen LogP contribution in [0.15, 0.2) is 36.7 Å². The molecule has 0 aliphatic carbocycles. The number of amides is 1. The summed E-state index contributed by atoms with van der Waals surface area (Å²) >= 11 is 5.93. The summed E-state index contributed by atoms with van der Waals surface area (Å²) < 4.78 is 40.8. The predicted molar refractivity (Wildman–Crippen MR) is 107 cm³/mol. The Morgan fingerprint density at radius 2 is 1.87 bits per heavy atom. The molecule has 3 aromatic rings. The van der Waals surface area contributed by atoms with Crippen molar-refractivity contribution in [3.63, 3.8) is 0 Å². The summed E-state index contributed by atoms with van der Waals surface area (Å²) in [5, 5.41) is 5.13. The van der Waals surface area contributed by atoms with Gasteiger partial charge in [0.25, 0.3) is 0 Å². The highest BCUT2D eigenvalue weighted by atomic mass is 35.5. The molecule has 3 rings (SSSR count). The number of hydrogen-bond donors (Lipinski definition) is 0. The average molecular weight is 440 g/mol. The van der Waals surface area contributed by atoms with E-state index in [2.05, 4.69) is 10.1 Å². The molecule has 0 radical (unpaired) electrons. The third kappa shape index (κ3) is 5.02. The van der Waals surface area contributed by atoms with Gasteiger partial charge < -0.3 is 9.47 Å². The molecular weight excluding hydrogens is 419 g/mol. The fourth-order valence-corrected chi connectivity index (χ4v) is 3.31. The second-order valence-electron chi connectivity index (χ2n) is 7.05. The van der Waals surface area contributed by atoms with E-state index in [1.165, 1.54) is 17.3 Å². The Labute approximate surface area is 176 Å². The molecule has 0 atom stereocenters. The van der Waals surface area contributed by atoms with Crippen molar-refractivity contribution < 1.29 is 18.0 Å². The molecule has 0 spiro atoms. The van der Waals surface area contributed by atoms with Crippen molar-refractivity contribution in [2.45, 2.75) is 39.5 Å². The first-order chi connectivity index (χ1) is 14.0. The topological polar surface area (TPSA) is 56.0 Å². The van der Waals surface area contributed by atoms with Gasteiger partial charge in [-0.1, -0.05) is 11.6 Å². The molecule has 0 unspecified atom stereocenters. The molecule has 0 fully saturated rings. The zero-order valence-electron chi connectivity index (χ0n) is 16.7. The maximum absolute atomic E-state index is 12.7. The Morgan fingerprint density at radius 1 is 1.20 bits per heavy atom. The fourth-order valence-electron chi connectivity index (χ4n) is 3.18. The van der Waals surface area contributed by atoms with Gasteiger partial charge in [0.1, 0.15) is 12.4 Å². The Kier molecular flexibility index (Phi) is 6.21. The highest BCUT2D eigenvalue weighted by Gasteiger charge is 2.29. The van der Waals surface area contributed by atoms with Crippen LogP contribution in [0.25, 0.3) is 5.69 Å². The molecule has 0 aliphatic heterocycles. The second kappa shape index (κ2) is 8.51. The highest BCUT2D eigenvalue weighted by molar-refractivity contribution is 6.30. The molecule has 1 amide bonds. The van der Waals surface area contributed by atoms with Gasteiger partial charge in [0, 0.05) is 35.7 Å². The molecule has 0 saturated heterocycles. The van der Waals surface area contributed by atoms with Crippen molar-refractivity contribution in [1.82, 2.24) is 24.2 Å². The molecule has 2 heterocycles. The molecule has 160 valence electrons. The van der Waals surface area contributed by atoms with Gasteiger partial charge in [-0.25, -0.2) is 9.67 Å². The van der Waals surface area contributed by atoms with E-state index in [1.807, 2.05) is 26.0 Å². The van der Waals surface area contributed by atoms with Crippen molar-refractivity contribution >= 4 is 17.5 Å². The largest absolute Gasteiger partial charge is 0.406 e. The lowest BCUT2D eigenvalue weighted by Crippen LogP contribution is -2.30. The highest BCUT2D eigenvalue weighted by Crippen LogP contribution is 2.21. The Balaban J connectivity index is 1.73. The Morgan fingerprint density at radius 3 is 2.50 bits per heavy atom. The smallest absolute Gasteiger partial charge is 0.338 e. The third-order valence-corrected chi connectivity index (χ3v) is 5.05. The molecular formula is C20H21ClF3N5O. The van der Waals surface area contributed by atoms with Crippen molar-refractivity contribution in [2.75, 3.05) is 7.05 Å².